The number of ether oxygens (including phenoxy) is 1. The molecule has 21 heavy (non-hydrogen) atoms. The molecule has 2 rings (SSSR count). The maximum absolute atomic E-state index is 12.6. The predicted octanol–water partition coefficient (Wildman–Crippen LogP) is 3.09. The number of hydrogen-bond acceptors (Lipinski definition) is 3. The monoisotopic (exact) mass is 302 g/mol. The van der Waals surface area contributed by atoms with E-state index in [9.17, 15) is 9.00 Å². The number of benzene rings is 2. The van der Waals surface area contributed by atoms with Gasteiger partial charge in [0, 0.05) is 10.8 Å². The van der Waals surface area contributed by atoms with Crippen molar-refractivity contribution in [2.24, 2.45) is 0 Å². The highest BCUT2D eigenvalue weighted by molar-refractivity contribution is 7.86. The highest BCUT2D eigenvalue weighted by atomic mass is 32.2. The van der Waals surface area contributed by atoms with Gasteiger partial charge in [-0.25, -0.2) is 0 Å². The van der Waals surface area contributed by atoms with E-state index in [1.807, 2.05) is 60.7 Å². The Morgan fingerprint density at radius 3 is 1.90 bits per heavy atom. The Hall–Kier alpha value is -1.94. The second kappa shape index (κ2) is 7.74. The van der Waals surface area contributed by atoms with Crippen LogP contribution >= 0.6 is 0 Å². The molecule has 0 amide bonds. The Morgan fingerprint density at radius 2 is 1.48 bits per heavy atom. The molecule has 0 unspecified atom stereocenters. The van der Waals surface area contributed by atoms with E-state index in [-0.39, 0.29) is 11.0 Å². The molecule has 0 aliphatic rings. The highest BCUT2D eigenvalue weighted by Crippen LogP contribution is 2.28. The second-order valence-corrected chi connectivity index (χ2v) is 6.05. The molecule has 0 bridgehead atoms. The summed E-state index contributed by atoms with van der Waals surface area (Å²) in [6.07, 6.45) is 0. The third-order valence-electron chi connectivity index (χ3n) is 3.03. The number of esters is 1. The van der Waals surface area contributed by atoms with Crippen molar-refractivity contribution in [3.63, 3.8) is 0 Å². The molecule has 0 heterocycles. The highest BCUT2D eigenvalue weighted by Gasteiger charge is 2.23. The zero-order valence-corrected chi connectivity index (χ0v) is 12.7. The Bertz CT molecular complexity index is 556. The van der Waals surface area contributed by atoms with Gasteiger partial charge in [-0.05, 0) is 18.1 Å². The maximum Gasteiger partial charge on any atom is 0.318 e. The van der Waals surface area contributed by atoms with Crippen LogP contribution in [0.4, 0.5) is 0 Å². The van der Waals surface area contributed by atoms with E-state index in [1.165, 1.54) is 0 Å². The molecule has 2 aromatic carbocycles. The summed E-state index contributed by atoms with van der Waals surface area (Å²) >= 11 is 0. The van der Waals surface area contributed by atoms with Crippen LogP contribution in [0.3, 0.4) is 0 Å². The van der Waals surface area contributed by atoms with Gasteiger partial charge in [-0.2, -0.15) is 0 Å². The summed E-state index contributed by atoms with van der Waals surface area (Å²) in [5.41, 5.74) is 1.87. The summed E-state index contributed by atoms with van der Waals surface area (Å²) in [6, 6.07) is 19.2. The topological polar surface area (TPSA) is 43.4 Å². The van der Waals surface area contributed by atoms with E-state index in [2.05, 4.69) is 0 Å². The minimum absolute atomic E-state index is 0.0949. The number of hydrogen-bond donors (Lipinski definition) is 0. The lowest BCUT2D eigenvalue weighted by Gasteiger charge is -2.17. The first-order chi connectivity index (χ1) is 10.2. The largest absolute Gasteiger partial charge is 0.465 e. The van der Waals surface area contributed by atoms with Gasteiger partial charge in [-0.3, -0.25) is 9.00 Å². The summed E-state index contributed by atoms with van der Waals surface area (Å²) in [5, 5.41) is -0.322. The number of carbonyl (C=O) groups is 1. The van der Waals surface area contributed by atoms with Gasteiger partial charge in [0.2, 0.25) is 0 Å². The second-order valence-electron chi connectivity index (χ2n) is 4.53. The first kappa shape index (κ1) is 15.4. The van der Waals surface area contributed by atoms with Crippen molar-refractivity contribution < 1.29 is 13.7 Å². The van der Waals surface area contributed by atoms with Crippen molar-refractivity contribution in [2.45, 2.75) is 12.2 Å². The van der Waals surface area contributed by atoms with Crippen LogP contribution in [0.2, 0.25) is 0 Å². The number of rotatable bonds is 6. The molecule has 0 N–H and O–H groups in total. The van der Waals surface area contributed by atoms with Gasteiger partial charge in [0.15, 0.2) is 0 Å². The lowest BCUT2D eigenvalue weighted by molar-refractivity contribution is -0.139. The van der Waals surface area contributed by atoms with Crippen LogP contribution in [0.1, 0.15) is 23.3 Å². The molecule has 0 aliphatic heterocycles. The quantitative estimate of drug-likeness (QED) is 0.770. The molecule has 3 nitrogen and oxygen atoms in total. The molecule has 4 heteroatoms. The smallest absolute Gasteiger partial charge is 0.318 e. The maximum atomic E-state index is 12.6. The molecular weight excluding hydrogens is 284 g/mol. The molecule has 0 fully saturated rings. The van der Waals surface area contributed by atoms with Gasteiger partial charge < -0.3 is 4.74 Å². The average molecular weight is 302 g/mol. The zero-order valence-electron chi connectivity index (χ0n) is 11.9. The first-order valence-corrected chi connectivity index (χ1v) is 8.23. The molecule has 1 atom stereocenters. The summed E-state index contributed by atoms with van der Waals surface area (Å²) in [4.78, 5) is 11.6. The average Bonchev–Trinajstić information content (AvgIpc) is 2.50. The standard InChI is InChI=1S/C17H18O3S/c1-2-20-16(18)13-21(19)17(14-9-5-3-6-10-14)15-11-7-4-8-12-15/h3-12,17H,2,13H2,1H3/t21-/m1/s1. The van der Waals surface area contributed by atoms with Gasteiger partial charge in [0.25, 0.3) is 0 Å². The Kier molecular flexibility index (Phi) is 5.69. The fraction of sp³-hybridized carbons (Fsp3) is 0.235. The van der Waals surface area contributed by atoms with E-state index in [1.54, 1.807) is 6.92 Å². The lowest BCUT2D eigenvalue weighted by Crippen LogP contribution is -2.19. The molecule has 110 valence electrons. The molecule has 2 aromatic rings. The van der Waals surface area contributed by atoms with E-state index < -0.39 is 16.8 Å². The van der Waals surface area contributed by atoms with Crippen LogP contribution in [0.5, 0.6) is 0 Å². The van der Waals surface area contributed by atoms with E-state index in [0.29, 0.717) is 6.61 Å². The van der Waals surface area contributed by atoms with Crippen LogP contribution < -0.4 is 0 Å². The van der Waals surface area contributed by atoms with E-state index >= 15 is 0 Å². The van der Waals surface area contributed by atoms with Crippen molar-refractivity contribution in [2.75, 3.05) is 12.4 Å². The number of carbonyl (C=O) groups excluding carboxylic acids is 1. The van der Waals surface area contributed by atoms with Crippen molar-refractivity contribution >= 4 is 16.8 Å². The van der Waals surface area contributed by atoms with Crippen molar-refractivity contribution in [3.05, 3.63) is 71.8 Å². The van der Waals surface area contributed by atoms with Gasteiger partial charge >= 0.3 is 5.97 Å². The summed E-state index contributed by atoms with van der Waals surface area (Å²) in [7, 11) is -1.37. The predicted molar refractivity (Wildman–Crippen MR) is 84.4 cm³/mol. The molecule has 0 saturated heterocycles. The Balaban J connectivity index is 2.29. The van der Waals surface area contributed by atoms with Crippen molar-refractivity contribution in [1.82, 2.24) is 0 Å². The minimum atomic E-state index is -1.37. The Labute approximate surface area is 127 Å². The molecular formula is C17H18O3S. The first-order valence-electron chi connectivity index (χ1n) is 6.85. The molecule has 0 aromatic heterocycles. The van der Waals surface area contributed by atoms with Crippen LogP contribution in [0.15, 0.2) is 60.7 Å². The normalized spacial score (nSPS) is 12.1. The van der Waals surface area contributed by atoms with E-state index in [0.717, 1.165) is 11.1 Å². The van der Waals surface area contributed by atoms with Crippen LogP contribution in [-0.4, -0.2) is 22.5 Å². The lowest BCUT2D eigenvalue weighted by atomic mass is 10.0. The van der Waals surface area contributed by atoms with Crippen molar-refractivity contribution in [1.29, 1.82) is 0 Å². The molecule has 0 spiro atoms. The van der Waals surface area contributed by atoms with Gasteiger partial charge in [0.05, 0.1) is 11.9 Å². The van der Waals surface area contributed by atoms with Crippen LogP contribution in [0.25, 0.3) is 0 Å². The third-order valence-corrected chi connectivity index (χ3v) is 4.62. The fourth-order valence-electron chi connectivity index (χ4n) is 2.15. The van der Waals surface area contributed by atoms with Crippen molar-refractivity contribution in [3.8, 4) is 0 Å². The fourth-order valence-corrected chi connectivity index (χ4v) is 3.56. The summed E-state index contributed by atoms with van der Waals surface area (Å²) < 4.78 is 17.5. The summed E-state index contributed by atoms with van der Waals surface area (Å²) in [5.74, 6) is -0.518. The molecule has 0 radical (unpaired) electrons. The van der Waals surface area contributed by atoms with E-state index in [4.69, 9.17) is 4.74 Å². The Morgan fingerprint density at radius 1 is 1.00 bits per heavy atom. The van der Waals surface area contributed by atoms with Crippen LogP contribution in [0, 0.1) is 0 Å². The SMILES string of the molecule is CCOC(=O)C[S@@](=O)C(c1ccccc1)c1ccccc1. The summed E-state index contributed by atoms with van der Waals surface area (Å²) in [6.45, 7) is 2.05. The zero-order chi connectivity index (χ0) is 15.1. The molecule has 0 saturated carbocycles. The van der Waals surface area contributed by atoms with Gasteiger partial charge in [-0.15, -0.1) is 0 Å². The molecule has 0 aliphatic carbocycles. The van der Waals surface area contributed by atoms with Crippen LogP contribution in [-0.2, 0) is 20.3 Å². The third kappa shape index (κ3) is 4.26. The van der Waals surface area contributed by atoms with Gasteiger partial charge in [0.1, 0.15) is 5.75 Å². The minimum Gasteiger partial charge on any atom is -0.465 e. The van der Waals surface area contributed by atoms with Gasteiger partial charge in [-0.1, -0.05) is 60.7 Å².